The van der Waals surface area contributed by atoms with E-state index in [1.165, 1.54) is 5.56 Å². The van der Waals surface area contributed by atoms with E-state index in [0.29, 0.717) is 24.4 Å². The molecule has 4 nitrogen and oxygen atoms in total. The zero-order chi connectivity index (χ0) is 19.6. The summed E-state index contributed by atoms with van der Waals surface area (Å²) >= 11 is 0. The molecule has 0 fully saturated rings. The van der Waals surface area contributed by atoms with Gasteiger partial charge >= 0.3 is 0 Å². The molecule has 0 spiro atoms. The average Bonchev–Trinajstić information content (AvgIpc) is 3.10. The molecule has 1 N–H and O–H groups in total. The van der Waals surface area contributed by atoms with Gasteiger partial charge in [0.15, 0.2) is 0 Å². The first-order valence-electron chi connectivity index (χ1n) is 9.74. The molecule has 4 heteroatoms. The monoisotopic (exact) mass is 364 g/mol. The lowest BCUT2D eigenvalue weighted by Crippen LogP contribution is -2.28. The Labute approximate surface area is 161 Å². The average molecular weight is 364 g/mol. The highest BCUT2D eigenvalue weighted by molar-refractivity contribution is 5.98. The molecule has 1 atom stereocenters. The smallest absolute Gasteiger partial charge is 0.251 e. The predicted molar refractivity (Wildman–Crippen MR) is 109 cm³/mol. The van der Waals surface area contributed by atoms with Crippen LogP contribution in [0.3, 0.4) is 0 Å². The van der Waals surface area contributed by atoms with Gasteiger partial charge in [0.1, 0.15) is 0 Å². The van der Waals surface area contributed by atoms with E-state index in [-0.39, 0.29) is 17.9 Å². The highest BCUT2D eigenvalue weighted by Gasteiger charge is 2.24. The number of carbonyl (C=O) groups excluding carboxylic acids is 2. The summed E-state index contributed by atoms with van der Waals surface area (Å²) in [6.45, 7) is 8.91. The van der Waals surface area contributed by atoms with Gasteiger partial charge in [-0.15, -0.1) is 0 Å². The Hall–Kier alpha value is -2.62. The Kier molecular flexibility index (Phi) is 5.64. The second-order valence-corrected chi connectivity index (χ2v) is 7.51. The van der Waals surface area contributed by atoms with E-state index in [9.17, 15) is 9.59 Å². The van der Waals surface area contributed by atoms with Crippen LogP contribution >= 0.6 is 0 Å². The van der Waals surface area contributed by atoms with Gasteiger partial charge in [0.25, 0.3) is 5.91 Å². The van der Waals surface area contributed by atoms with Gasteiger partial charge in [-0.25, -0.2) is 0 Å². The summed E-state index contributed by atoms with van der Waals surface area (Å²) in [5.74, 6) is 0.539. The number of hydrogen-bond acceptors (Lipinski definition) is 2. The van der Waals surface area contributed by atoms with Crippen LogP contribution in [0.1, 0.15) is 73.1 Å². The van der Waals surface area contributed by atoms with Gasteiger partial charge < -0.3 is 10.2 Å². The highest BCUT2D eigenvalue weighted by atomic mass is 16.2. The van der Waals surface area contributed by atoms with E-state index in [4.69, 9.17) is 0 Å². The Morgan fingerprint density at radius 3 is 2.33 bits per heavy atom. The number of nitrogens with one attached hydrogen (secondary N) is 1. The third kappa shape index (κ3) is 4.05. The molecule has 1 aliphatic heterocycles. The Balaban J connectivity index is 1.70. The number of hydrogen-bond donors (Lipinski definition) is 1. The van der Waals surface area contributed by atoms with E-state index in [2.05, 4.69) is 43.4 Å². The highest BCUT2D eigenvalue weighted by Crippen LogP contribution is 2.29. The lowest BCUT2D eigenvalue weighted by atomic mass is 9.99. The van der Waals surface area contributed by atoms with Crippen LogP contribution in [0.5, 0.6) is 0 Å². The molecule has 27 heavy (non-hydrogen) atoms. The first kappa shape index (κ1) is 19.2. The van der Waals surface area contributed by atoms with Gasteiger partial charge in [0.05, 0.1) is 6.04 Å². The second kappa shape index (κ2) is 7.95. The van der Waals surface area contributed by atoms with Gasteiger partial charge in [-0.2, -0.15) is 0 Å². The zero-order valence-corrected chi connectivity index (χ0v) is 16.6. The summed E-state index contributed by atoms with van der Waals surface area (Å²) < 4.78 is 0. The Morgan fingerprint density at radius 1 is 1.04 bits per heavy atom. The van der Waals surface area contributed by atoms with Crippen LogP contribution < -0.4 is 10.2 Å². The lowest BCUT2D eigenvalue weighted by molar-refractivity contribution is -0.118. The molecular weight excluding hydrogens is 336 g/mol. The van der Waals surface area contributed by atoms with E-state index in [1.54, 1.807) is 0 Å². The van der Waals surface area contributed by atoms with Gasteiger partial charge in [-0.1, -0.05) is 45.0 Å². The van der Waals surface area contributed by atoms with E-state index >= 15 is 0 Å². The maximum absolute atomic E-state index is 12.7. The zero-order valence-electron chi connectivity index (χ0n) is 16.6. The molecule has 0 saturated heterocycles. The standard InChI is InChI=1S/C23H28N2O2/c1-5-22(26)25-13-12-19-14-20(10-11-21(19)25)23(27)24-16(4)18-8-6-17(7-9-18)15(2)3/h6-11,14-16H,5,12-13H2,1-4H3,(H,24,27). The second-order valence-electron chi connectivity index (χ2n) is 7.51. The molecule has 0 bridgehead atoms. The maximum atomic E-state index is 12.7. The van der Waals surface area contributed by atoms with E-state index in [1.807, 2.05) is 36.9 Å². The molecule has 0 aromatic heterocycles. The molecule has 0 aliphatic carbocycles. The van der Waals surface area contributed by atoms with Crippen LogP contribution in [-0.4, -0.2) is 18.4 Å². The van der Waals surface area contributed by atoms with E-state index < -0.39 is 0 Å². The quantitative estimate of drug-likeness (QED) is 0.843. The molecule has 1 aliphatic rings. The van der Waals surface area contributed by atoms with Gasteiger partial charge in [-0.3, -0.25) is 9.59 Å². The minimum Gasteiger partial charge on any atom is -0.346 e. The van der Waals surface area contributed by atoms with Crippen molar-refractivity contribution in [1.82, 2.24) is 5.32 Å². The summed E-state index contributed by atoms with van der Waals surface area (Å²) in [4.78, 5) is 26.5. The topological polar surface area (TPSA) is 49.4 Å². The van der Waals surface area contributed by atoms with Crippen molar-refractivity contribution in [3.8, 4) is 0 Å². The van der Waals surface area contributed by atoms with Crippen LogP contribution in [0, 0.1) is 0 Å². The minimum atomic E-state index is -0.0847. The van der Waals surface area contributed by atoms with Crippen LogP contribution in [0.15, 0.2) is 42.5 Å². The first-order chi connectivity index (χ1) is 12.9. The van der Waals surface area contributed by atoms with Crippen molar-refractivity contribution < 1.29 is 9.59 Å². The summed E-state index contributed by atoms with van der Waals surface area (Å²) in [7, 11) is 0. The fourth-order valence-electron chi connectivity index (χ4n) is 3.53. The third-order valence-corrected chi connectivity index (χ3v) is 5.29. The van der Waals surface area contributed by atoms with Gasteiger partial charge in [-0.05, 0) is 54.2 Å². The van der Waals surface area contributed by atoms with Crippen molar-refractivity contribution in [2.45, 2.75) is 52.5 Å². The molecule has 2 aromatic carbocycles. The number of benzene rings is 2. The molecule has 0 saturated carbocycles. The van der Waals surface area contributed by atoms with Gasteiger partial charge in [0, 0.05) is 24.2 Å². The van der Waals surface area contributed by atoms with Crippen molar-refractivity contribution in [1.29, 1.82) is 0 Å². The van der Waals surface area contributed by atoms with Crippen LogP contribution in [-0.2, 0) is 11.2 Å². The minimum absolute atomic E-state index is 0.0647. The van der Waals surface area contributed by atoms with Crippen molar-refractivity contribution in [2.24, 2.45) is 0 Å². The predicted octanol–water partition coefficient (Wildman–Crippen LogP) is 4.60. The molecule has 0 radical (unpaired) electrons. The van der Waals surface area contributed by atoms with Crippen LogP contribution in [0.2, 0.25) is 0 Å². The first-order valence-corrected chi connectivity index (χ1v) is 9.74. The molecule has 3 rings (SSSR count). The van der Waals surface area contributed by atoms with Crippen molar-refractivity contribution in [3.05, 3.63) is 64.7 Å². The molecule has 1 unspecified atom stereocenters. The fraction of sp³-hybridized carbons (Fsp3) is 0.391. The Bertz CT molecular complexity index is 840. The Morgan fingerprint density at radius 2 is 1.70 bits per heavy atom. The molecule has 142 valence electrons. The number of fused-ring (bicyclic) bond motifs is 1. The van der Waals surface area contributed by atoms with Crippen LogP contribution in [0.25, 0.3) is 0 Å². The summed E-state index contributed by atoms with van der Waals surface area (Å²) in [6, 6.07) is 14.0. The largest absolute Gasteiger partial charge is 0.346 e. The SMILES string of the molecule is CCC(=O)N1CCc2cc(C(=O)NC(C)c3ccc(C(C)C)cc3)ccc21. The third-order valence-electron chi connectivity index (χ3n) is 5.29. The number of carbonyl (C=O) groups is 2. The summed E-state index contributed by atoms with van der Waals surface area (Å²) in [6.07, 6.45) is 1.29. The van der Waals surface area contributed by atoms with E-state index in [0.717, 1.165) is 23.2 Å². The number of anilines is 1. The molecule has 2 aromatic rings. The molecule has 1 heterocycles. The fourth-order valence-corrected chi connectivity index (χ4v) is 3.53. The molecular formula is C23H28N2O2. The van der Waals surface area contributed by atoms with Crippen molar-refractivity contribution in [3.63, 3.8) is 0 Å². The maximum Gasteiger partial charge on any atom is 0.251 e. The van der Waals surface area contributed by atoms with Crippen molar-refractivity contribution >= 4 is 17.5 Å². The summed E-state index contributed by atoms with van der Waals surface area (Å²) in [5, 5.41) is 3.08. The lowest BCUT2D eigenvalue weighted by Gasteiger charge is -2.17. The normalized spacial score (nSPS) is 14.2. The van der Waals surface area contributed by atoms with Crippen LogP contribution in [0.4, 0.5) is 5.69 Å². The van der Waals surface area contributed by atoms with Gasteiger partial charge in [0.2, 0.25) is 5.91 Å². The number of rotatable bonds is 5. The molecule has 2 amide bonds. The number of nitrogens with zero attached hydrogens (tertiary/aromatic N) is 1. The van der Waals surface area contributed by atoms with Crippen molar-refractivity contribution in [2.75, 3.05) is 11.4 Å². The number of amides is 2. The summed E-state index contributed by atoms with van der Waals surface area (Å²) in [5.41, 5.74) is 5.04.